The van der Waals surface area contributed by atoms with Crippen LogP contribution in [0.3, 0.4) is 0 Å². The van der Waals surface area contributed by atoms with Crippen molar-refractivity contribution in [3.05, 3.63) is 12.7 Å². The quantitative estimate of drug-likeness (QED) is 0.563. The van der Waals surface area contributed by atoms with Crippen molar-refractivity contribution in [1.29, 1.82) is 0 Å². The fraction of sp³-hybridized carbons (Fsp3) is 0.250. The Labute approximate surface area is 85.9 Å². The largest absolute Gasteiger partial charge is 0.399 e. The van der Waals surface area contributed by atoms with Gasteiger partial charge >= 0.3 is 0 Å². The van der Waals surface area contributed by atoms with Gasteiger partial charge in [0, 0.05) is 0 Å². The number of oxime groups is 1. The molecule has 2 rings (SSSR count). The molecular weight excluding hydrogens is 196 g/mol. The van der Waals surface area contributed by atoms with Crippen molar-refractivity contribution in [2.45, 2.75) is 6.54 Å². The maximum absolute atomic E-state index is 5.86. The number of nitrogen functional groups attached to an aromatic ring is 1. The maximum Gasteiger partial charge on any atom is 0.184 e. The standard InChI is InChI=1S/C8H10N6O/c1-15-13-2-3-14-5-12-8-6(7(14)9)10-4-11-8/h2,4-5H,3,9H2,1H3. The monoisotopic (exact) mass is 206 g/mol. The first-order valence-corrected chi connectivity index (χ1v) is 4.29. The third kappa shape index (κ3) is 1.71. The van der Waals surface area contributed by atoms with E-state index >= 15 is 0 Å². The molecule has 7 heteroatoms. The van der Waals surface area contributed by atoms with Crippen molar-refractivity contribution in [3.8, 4) is 11.5 Å². The Kier molecular flexibility index (Phi) is 2.44. The molecule has 0 amide bonds. The van der Waals surface area contributed by atoms with Crippen LogP contribution in [0.5, 0.6) is 0 Å². The fourth-order valence-corrected chi connectivity index (χ4v) is 1.20. The van der Waals surface area contributed by atoms with Gasteiger partial charge in [-0.1, -0.05) is 5.16 Å². The average Bonchev–Trinajstić information content (AvgIpc) is 2.70. The van der Waals surface area contributed by atoms with Crippen LogP contribution in [-0.4, -0.2) is 32.8 Å². The molecule has 0 saturated heterocycles. The van der Waals surface area contributed by atoms with Gasteiger partial charge in [-0.15, -0.1) is 0 Å². The topological polar surface area (TPSA) is 91.2 Å². The molecule has 0 aromatic rings. The third-order valence-electron chi connectivity index (χ3n) is 1.91. The highest BCUT2D eigenvalue weighted by molar-refractivity contribution is 5.66. The van der Waals surface area contributed by atoms with E-state index in [4.69, 9.17) is 5.73 Å². The van der Waals surface area contributed by atoms with Gasteiger partial charge in [0.25, 0.3) is 0 Å². The summed E-state index contributed by atoms with van der Waals surface area (Å²) in [6.45, 7) is 0.482. The zero-order valence-corrected chi connectivity index (χ0v) is 8.16. The van der Waals surface area contributed by atoms with E-state index in [2.05, 4.69) is 24.9 Å². The van der Waals surface area contributed by atoms with E-state index in [1.807, 2.05) is 0 Å². The number of nitrogens with zero attached hydrogens (tertiary/aromatic N) is 5. The van der Waals surface area contributed by atoms with E-state index < -0.39 is 0 Å². The Morgan fingerprint density at radius 2 is 2.40 bits per heavy atom. The molecule has 0 fully saturated rings. The predicted octanol–water partition coefficient (Wildman–Crippen LogP) is -0.00770. The molecule has 0 aromatic heterocycles. The summed E-state index contributed by atoms with van der Waals surface area (Å²) in [6.07, 6.45) is 4.61. The van der Waals surface area contributed by atoms with Crippen LogP contribution in [0.2, 0.25) is 0 Å². The molecule has 7 nitrogen and oxygen atoms in total. The lowest BCUT2D eigenvalue weighted by Crippen LogP contribution is -2.10. The Morgan fingerprint density at radius 1 is 1.53 bits per heavy atom. The first-order valence-electron chi connectivity index (χ1n) is 4.29. The number of hydrogen-bond acceptors (Lipinski definition) is 6. The van der Waals surface area contributed by atoms with Crippen molar-refractivity contribution in [3.63, 3.8) is 0 Å². The number of hydrogen-bond donors (Lipinski definition) is 1. The molecule has 0 aliphatic carbocycles. The van der Waals surface area contributed by atoms with E-state index in [9.17, 15) is 0 Å². The van der Waals surface area contributed by atoms with Crippen LogP contribution < -0.4 is 5.73 Å². The lowest BCUT2D eigenvalue weighted by molar-refractivity contribution is 0.214. The molecule has 0 bridgehead atoms. The van der Waals surface area contributed by atoms with Crippen molar-refractivity contribution in [2.75, 3.05) is 12.8 Å². The molecule has 2 aliphatic rings. The summed E-state index contributed by atoms with van der Waals surface area (Å²) in [7, 11) is 1.48. The average molecular weight is 206 g/mol. The van der Waals surface area contributed by atoms with Crippen molar-refractivity contribution < 1.29 is 4.84 Å². The minimum atomic E-state index is 0.482. The minimum Gasteiger partial charge on any atom is -0.399 e. The number of aromatic nitrogens is 4. The first kappa shape index (κ1) is 9.38. The number of nitrogens with two attached hydrogens (primary N) is 1. The summed E-state index contributed by atoms with van der Waals surface area (Å²) in [5.41, 5.74) is 6.46. The van der Waals surface area contributed by atoms with Crippen LogP contribution in [0.4, 0.5) is 5.82 Å². The lowest BCUT2D eigenvalue weighted by atomic mass is 10.4. The van der Waals surface area contributed by atoms with Crippen LogP contribution in [0, 0.1) is 0 Å². The summed E-state index contributed by atoms with van der Waals surface area (Å²) in [4.78, 5) is 16.6. The Bertz CT molecular complexity index is 451. The summed E-state index contributed by atoms with van der Waals surface area (Å²) < 4.78 is 1.71. The van der Waals surface area contributed by atoms with Gasteiger partial charge in [-0.05, 0) is 0 Å². The van der Waals surface area contributed by atoms with E-state index in [-0.39, 0.29) is 0 Å². The smallest absolute Gasteiger partial charge is 0.184 e. The molecule has 2 aliphatic heterocycles. The minimum absolute atomic E-state index is 0.482. The molecule has 0 aromatic carbocycles. The van der Waals surface area contributed by atoms with Crippen molar-refractivity contribution >= 4 is 12.0 Å². The molecule has 2 N–H and O–H groups in total. The van der Waals surface area contributed by atoms with Crippen LogP contribution in [0.1, 0.15) is 0 Å². The fourth-order valence-electron chi connectivity index (χ4n) is 1.20. The SMILES string of the molecule is CON=CCn1cnc2ncnc-2c1N. The van der Waals surface area contributed by atoms with Gasteiger partial charge in [0.1, 0.15) is 24.9 Å². The van der Waals surface area contributed by atoms with E-state index in [0.717, 1.165) is 0 Å². The van der Waals surface area contributed by atoms with Gasteiger partial charge in [-0.25, -0.2) is 15.0 Å². The number of imidazole rings is 1. The summed E-state index contributed by atoms with van der Waals surface area (Å²) in [6, 6.07) is 0. The molecule has 2 heterocycles. The maximum atomic E-state index is 5.86. The molecular formula is C8H10N6O. The molecule has 78 valence electrons. The van der Waals surface area contributed by atoms with E-state index in [1.165, 1.54) is 13.4 Å². The Morgan fingerprint density at radius 3 is 3.20 bits per heavy atom. The molecule has 0 saturated carbocycles. The molecule has 0 spiro atoms. The second-order valence-corrected chi connectivity index (χ2v) is 2.80. The zero-order valence-electron chi connectivity index (χ0n) is 8.16. The third-order valence-corrected chi connectivity index (χ3v) is 1.91. The number of anilines is 1. The first-order chi connectivity index (χ1) is 7.33. The van der Waals surface area contributed by atoms with Gasteiger partial charge in [-0.3, -0.25) is 0 Å². The Balaban J connectivity index is 2.32. The highest BCUT2D eigenvalue weighted by Crippen LogP contribution is 2.20. The van der Waals surface area contributed by atoms with E-state index in [0.29, 0.717) is 23.9 Å². The normalized spacial score (nSPS) is 11.3. The van der Waals surface area contributed by atoms with Gasteiger partial charge in [0.05, 0.1) is 19.1 Å². The summed E-state index contributed by atoms with van der Waals surface area (Å²) in [5.74, 6) is 1.06. The van der Waals surface area contributed by atoms with Gasteiger partial charge < -0.3 is 15.1 Å². The van der Waals surface area contributed by atoms with Gasteiger partial charge in [0.2, 0.25) is 0 Å². The zero-order chi connectivity index (χ0) is 10.7. The number of fused-ring (bicyclic) bond motifs is 1. The predicted molar refractivity (Wildman–Crippen MR) is 54.4 cm³/mol. The molecule has 0 radical (unpaired) electrons. The van der Waals surface area contributed by atoms with Crippen LogP contribution in [-0.2, 0) is 11.4 Å². The van der Waals surface area contributed by atoms with Gasteiger partial charge in [0.15, 0.2) is 5.82 Å². The lowest BCUT2D eigenvalue weighted by Gasteiger charge is -2.08. The summed E-state index contributed by atoms with van der Waals surface area (Å²) >= 11 is 0. The molecule has 15 heavy (non-hydrogen) atoms. The van der Waals surface area contributed by atoms with Crippen LogP contribution in [0.15, 0.2) is 17.8 Å². The Hall–Kier alpha value is -2.18. The summed E-state index contributed by atoms with van der Waals surface area (Å²) in [5, 5.41) is 3.61. The highest BCUT2D eigenvalue weighted by atomic mass is 16.6. The molecule has 0 atom stereocenters. The highest BCUT2D eigenvalue weighted by Gasteiger charge is 2.12. The second kappa shape index (κ2) is 3.91. The van der Waals surface area contributed by atoms with Crippen molar-refractivity contribution in [1.82, 2.24) is 19.5 Å². The van der Waals surface area contributed by atoms with Gasteiger partial charge in [-0.2, -0.15) is 0 Å². The van der Waals surface area contributed by atoms with Crippen LogP contribution >= 0.6 is 0 Å². The van der Waals surface area contributed by atoms with Crippen LogP contribution in [0.25, 0.3) is 11.5 Å². The van der Waals surface area contributed by atoms with Crippen molar-refractivity contribution in [2.24, 2.45) is 5.16 Å². The second-order valence-electron chi connectivity index (χ2n) is 2.80. The van der Waals surface area contributed by atoms with E-state index in [1.54, 1.807) is 17.1 Å². The number of rotatable bonds is 3. The molecule has 0 unspecified atom stereocenters.